The Morgan fingerprint density at radius 1 is 1.18 bits per heavy atom. The zero-order valence-corrected chi connectivity index (χ0v) is 21.0. The molecule has 0 saturated carbocycles. The number of rotatable bonds is 11. The number of sulfonamides is 1. The van der Waals surface area contributed by atoms with Gasteiger partial charge in [-0.25, -0.2) is 17.8 Å². The number of hydrogen-bond acceptors (Lipinski definition) is 6. The van der Waals surface area contributed by atoms with E-state index < -0.39 is 20.7 Å². The summed E-state index contributed by atoms with van der Waals surface area (Å²) in [6, 6.07) is 13.3. The lowest BCUT2D eigenvalue weighted by Gasteiger charge is -2.13. The molecule has 1 aliphatic rings. The quantitative estimate of drug-likeness (QED) is 0.267. The normalized spacial score (nSPS) is 18.2. The number of thiazole rings is 1. The monoisotopic (exact) mass is 522 g/mol. The molecular weight excluding hydrogens is 495 g/mol. The predicted octanol–water partition coefficient (Wildman–Crippen LogP) is 6.06. The Balaban J connectivity index is 1.20. The minimum atomic E-state index is -4.11. The molecule has 0 radical (unpaired) electrons. The van der Waals surface area contributed by atoms with E-state index in [-0.39, 0.29) is 10.2 Å². The predicted molar refractivity (Wildman–Crippen MR) is 137 cm³/mol. The largest absolute Gasteiger partial charge is 0.384 e. The lowest BCUT2D eigenvalue weighted by molar-refractivity contribution is 0.484. The van der Waals surface area contributed by atoms with Crippen molar-refractivity contribution in [1.82, 2.24) is 10.3 Å². The number of anilines is 2. The van der Waals surface area contributed by atoms with Crippen molar-refractivity contribution in [2.24, 2.45) is 5.92 Å². The summed E-state index contributed by atoms with van der Waals surface area (Å²) in [5.74, 6) is -0.174. The number of benzene rings is 2. The van der Waals surface area contributed by atoms with Crippen molar-refractivity contribution in [2.75, 3.05) is 23.1 Å². The molecule has 1 fully saturated rings. The van der Waals surface area contributed by atoms with Gasteiger partial charge < -0.3 is 10.6 Å². The molecule has 0 bridgehead atoms. The highest BCUT2D eigenvalue weighted by molar-refractivity contribution is 7.93. The fraction of sp³-hybridized carbons (Fsp3) is 0.375. The first-order valence-corrected chi connectivity index (χ1v) is 14.1. The first-order chi connectivity index (χ1) is 16.4. The number of aromatic nitrogens is 1. The molecule has 182 valence electrons. The Bertz CT molecular complexity index is 1180. The summed E-state index contributed by atoms with van der Waals surface area (Å²) in [5, 5.41) is 8.70. The van der Waals surface area contributed by atoms with Gasteiger partial charge in [-0.15, -0.1) is 11.3 Å². The topological polar surface area (TPSA) is 83.1 Å². The van der Waals surface area contributed by atoms with Crippen LogP contribution >= 0.6 is 22.9 Å². The van der Waals surface area contributed by atoms with Gasteiger partial charge in [-0.3, -0.25) is 4.72 Å². The van der Waals surface area contributed by atoms with Crippen LogP contribution in [0.3, 0.4) is 0 Å². The third-order valence-electron chi connectivity index (χ3n) is 5.99. The van der Waals surface area contributed by atoms with E-state index in [4.69, 9.17) is 11.6 Å². The van der Waals surface area contributed by atoms with Crippen LogP contribution in [0.25, 0.3) is 0 Å². The molecule has 1 aromatic heterocycles. The summed E-state index contributed by atoms with van der Waals surface area (Å²) < 4.78 is 41.7. The molecule has 10 heteroatoms. The second-order valence-corrected chi connectivity index (χ2v) is 11.4. The van der Waals surface area contributed by atoms with Crippen LogP contribution in [-0.4, -0.2) is 26.5 Å². The first kappa shape index (κ1) is 24.9. The van der Waals surface area contributed by atoms with Crippen molar-refractivity contribution in [3.05, 3.63) is 70.4 Å². The summed E-state index contributed by atoms with van der Waals surface area (Å²) in [6.07, 6.45) is 6.94. The third kappa shape index (κ3) is 6.47. The van der Waals surface area contributed by atoms with Gasteiger partial charge in [0, 0.05) is 24.2 Å². The Morgan fingerprint density at radius 3 is 2.76 bits per heavy atom. The van der Waals surface area contributed by atoms with Crippen molar-refractivity contribution >= 4 is 43.8 Å². The van der Waals surface area contributed by atoms with E-state index in [0.717, 1.165) is 49.3 Å². The maximum atomic E-state index is 14.6. The fourth-order valence-electron chi connectivity index (χ4n) is 4.24. The SMILES string of the molecule is O=S(=O)(Nc1nccs1)c1cc(Cl)c(NCCCCC[C@H]2CN[C@H](c3ccccc3)C2)cc1F. The van der Waals surface area contributed by atoms with Crippen LogP contribution in [0.4, 0.5) is 15.2 Å². The highest BCUT2D eigenvalue weighted by atomic mass is 35.5. The van der Waals surface area contributed by atoms with Gasteiger partial charge in [0.25, 0.3) is 10.0 Å². The molecule has 3 aromatic rings. The summed E-state index contributed by atoms with van der Waals surface area (Å²) in [5.41, 5.74) is 1.74. The molecule has 1 aliphatic heterocycles. The van der Waals surface area contributed by atoms with E-state index >= 15 is 0 Å². The number of nitrogens with zero attached hydrogens (tertiary/aromatic N) is 1. The average Bonchev–Trinajstić information content (AvgIpc) is 3.50. The summed E-state index contributed by atoms with van der Waals surface area (Å²) >= 11 is 7.35. The molecular formula is C24H28ClFN4O2S2. The zero-order valence-electron chi connectivity index (χ0n) is 18.6. The maximum absolute atomic E-state index is 14.6. The Labute approximate surface area is 209 Å². The van der Waals surface area contributed by atoms with E-state index in [1.165, 1.54) is 24.6 Å². The molecule has 2 heterocycles. The molecule has 4 rings (SSSR count). The van der Waals surface area contributed by atoms with Gasteiger partial charge in [0.05, 0.1) is 10.7 Å². The number of nitrogens with one attached hydrogen (secondary N) is 3. The zero-order chi connectivity index (χ0) is 24.0. The Morgan fingerprint density at radius 2 is 2.00 bits per heavy atom. The molecule has 0 spiro atoms. The van der Waals surface area contributed by atoms with Crippen molar-refractivity contribution in [3.63, 3.8) is 0 Å². The van der Waals surface area contributed by atoms with Gasteiger partial charge in [-0.1, -0.05) is 54.8 Å². The van der Waals surface area contributed by atoms with Crippen molar-refractivity contribution < 1.29 is 12.8 Å². The highest BCUT2D eigenvalue weighted by Gasteiger charge is 2.25. The highest BCUT2D eigenvalue weighted by Crippen LogP contribution is 2.31. The van der Waals surface area contributed by atoms with E-state index in [9.17, 15) is 12.8 Å². The van der Waals surface area contributed by atoms with Crippen LogP contribution < -0.4 is 15.4 Å². The first-order valence-electron chi connectivity index (χ1n) is 11.4. The molecule has 0 amide bonds. The van der Waals surface area contributed by atoms with Crippen molar-refractivity contribution in [2.45, 2.75) is 43.0 Å². The molecule has 0 aliphatic carbocycles. The van der Waals surface area contributed by atoms with Crippen LogP contribution in [0.15, 0.2) is 58.9 Å². The lowest BCUT2D eigenvalue weighted by Crippen LogP contribution is -2.15. The van der Waals surface area contributed by atoms with Crippen LogP contribution in [0.1, 0.15) is 43.7 Å². The molecule has 6 nitrogen and oxygen atoms in total. The number of halogens is 2. The molecule has 34 heavy (non-hydrogen) atoms. The van der Waals surface area contributed by atoms with Crippen molar-refractivity contribution in [3.8, 4) is 0 Å². The van der Waals surface area contributed by atoms with E-state index in [1.54, 1.807) is 5.38 Å². The van der Waals surface area contributed by atoms with Gasteiger partial charge in [0.15, 0.2) is 5.13 Å². The molecule has 2 atom stereocenters. The van der Waals surface area contributed by atoms with Crippen molar-refractivity contribution in [1.29, 1.82) is 0 Å². The van der Waals surface area contributed by atoms with Gasteiger partial charge in [0.2, 0.25) is 0 Å². The molecule has 0 unspecified atom stereocenters. The van der Waals surface area contributed by atoms with Gasteiger partial charge in [0.1, 0.15) is 10.7 Å². The van der Waals surface area contributed by atoms with Crippen LogP contribution in [0.5, 0.6) is 0 Å². The van der Waals surface area contributed by atoms with Crippen LogP contribution in [0.2, 0.25) is 5.02 Å². The second-order valence-electron chi connectivity index (χ2n) is 8.45. The maximum Gasteiger partial charge on any atom is 0.266 e. The van der Waals surface area contributed by atoms with Gasteiger partial charge >= 0.3 is 0 Å². The number of hydrogen-bond donors (Lipinski definition) is 3. The van der Waals surface area contributed by atoms with Gasteiger partial charge in [-0.05, 0) is 49.4 Å². The average molecular weight is 523 g/mol. The third-order valence-corrected chi connectivity index (χ3v) is 8.48. The minimum absolute atomic E-state index is 0.157. The van der Waals surface area contributed by atoms with E-state index in [2.05, 4.69) is 44.6 Å². The minimum Gasteiger partial charge on any atom is -0.384 e. The lowest BCUT2D eigenvalue weighted by atomic mass is 9.95. The summed E-state index contributed by atoms with van der Waals surface area (Å²) in [7, 11) is -4.11. The molecule has 3 N–H and O–H groups in total. The van der Waals surface area contributed by atoms with Crippen LogP contribution in [0, 0.1) is 11.7 Å². The Hall–Kier alpha value is -2.20. The smallest absolute Gasteiger partial charge is 0.266 e. The second kappa shape index (κ2) is 11.5. The fourth-order valence-corrected chi connectivity index (χ4v) is 6.41. The van der Waals surface area contributed by atoms with E-state index in [1.807, 2.05) is 6.07 Å². The summed E-state index contributed by atoms with van der Waals surface area (Å²) in [6.45, 7) is 1.69. The number of unbranched alkanes of at least 4 members (excludes halogenated alkanes) is 2. The molecule has 1 saturated heterocycles. The van der Waals surface area contributed by atoms with E-state index in [0.29, 0.717) is 24.2 Å². The Kier molecular flexibility index (Phi) is 8.41. The standard InChI is InChI=1S/C24H28ClFN4O2S2/c25-19-14-23(34(31,32)30-24-28-11-12-33-24)20(26)15-22(19)27-10-6-2-3-7-17-13-21(29-16-17)18-8-4-1-5-9-18/h1,4-5,8-9,11-12,14-15,17,21,27,29H,2-3,6-7,10,13,16H2,(H,28,30)/t17-,21+/m1/s1. The summed E-state index contributed by atoms with van der Waals surface area (Å²) in [4.78, 5) is 3.36. The van der Waals surface area contributed by atoms with Crippen LogP contribution in [-0.2, 0) is 10.0 Å². The molecule has 2 aromatic carbocycles. The van der Waals surface area contributed by atoms with Gasteiger partial charge in [-0.2, -0.15) is 0 Å².